The number of nitrogens with zero attached hydrogens (tertiary/aromatic N) is 2. The van der Waals surface area contributed by atoms with E-state index in [1.807, 2.05) is 0 Å². The van der Waals surface area contributed by atoms with Crippen LogP contribution in [0.25, 0.3) is 0 Å². The van der Waals surface area contributed by atoms with E-state index in [2.05, 4.69) is 10.3 Å². The Morgan fingerprint density at radius 3 is 2.44 bits per heavy atom. The molecule has 1 saturated carbocycles. The molecule has 1 N–H and O–H groups in total. The lowest BCUT2D eigenvalue weighted by molar-refractivity contribution is -0.127. The highest BCUT2D eigenvalue weighted by atomic mass is 19.1. The SMILES string of the molecule is O=C(NCCc1cccc(F)c1)C(c1cccnc1)N(C(=O)c1ccco1)C1CC(c2cc(F)cc(F)c2)C1. The smallest absolute Gasteiger partial charge is 0.290 e. The number of carbonyl (C=O) groups excluding carboxylic acids is 2. The molecule has 0 saturated heterocycles. The van der Waals surface area contributed by atoms with E-state index in [1.54, 1.807) is 36.5 Å². The maximum absolute atomic E-state index is 13.8. The van der Waals surface area contributed by atoms with Crippen molar-refractivity contribution in [1.29, 1.82) is 0 Å². The minimum Gasteiger partial charge on any atom is -0.459 e. The second-order valence-corrected chi connectivity index (χ2v) is 9.57. The lowest BCUT2D eigenvalue weighted by Gasteiger charge is -2.45. The number of furan rings is 1. The Balaban J connectivity index is 1.41. The van der Waals surface area contributed by atoms with Crippen LogP contribution in [-0.2, 0) is 11.2 Å². The van der Waals surface area contributed by atoms with E-state index in [9.17, 15) is 22.8 Å². The van der Waals surface area contributed by atoms with E-state index in [1.165, 1.54) is 47.7 Å². The quantitative estimate of drug-likeness (QED) is 0.305. The minimum atomic E-state index is -1.04. The highest BCUT2D eigenvalue weighted by Gasteiger charge is 2.44. The van der Waals surface area contributed by atoms with Crippen molar-refractivity contribution in [3.63, 3.8) is 0 Å². The van der Waals surface area contributed by atoms with Gasteiger partial charge < -0.3 is 14.6 Å². The lowest BCUT2D eigenvalue weighted by Crippen LogP contribution is -2.53. The topological polar surface area (TPSA) is 75.4 Å². The third kappa shape index (κ3) is 6.03. The van der Waals surface area contributed by atoms with Gasteiger partial charge in [-0.25, -0.2) is 13.2 Å². The van der Waals surface area contributed by atoms with Crippen molar-refractivity contribution in [3.05, 3.63) is 125 Å². The number of amides is 2. The molecule has 9 heteroatoms. The summed E-state index contributed by atoms with van der Waals surface area (Å²) in [6, 6.07) is 14.6. The van der Waals surface area contributed by atoms with Gasteiger partial charge in [0.1, 0.15) is 23.5 Å². The summed E-state index contributed by atoms with van der Waals surface area (Å²) in [5, 5.41) is 2.88. The van der Waals surface area contributed by atoms with Gasteiger partial charge in [0.05, 0.1) is 6.26 Å². The van der Waals surface area contributed by atoms with Crippen LogP contribution < -0.4 is 5.32 Å². The van der Waals surface area contributed by atoms with Crippen LogP contribution in [-0.4, -0.2) is 34.3 Å². The first-order valence-electron chi connectivity index (χ1n) is 12.6. The van der Waals surface area contributed by atoms with E-state index in [4.69, 9.17) is 4.42 Å². The summed E-state index contributed by atoms with van der Waals surface area (Å²) in [6.07, 6.45) is 5.68. The minimum absolute atomic E-state index is 0.0664. The van der Waals surface area contributed by atoms with Crippen LogP contribution in [0.15, 0.2) is 89.8 Å². The monoisotopic (exact) mass is 533 g/mol. The van der Waals surface area contributed by atoms with Gasteiger partial charge in [-0.15, -0.1) is 0 Å². The molecule has 1 atom stereocenters. The van der Waals surface area contributed by atoms with Gasteiger partial charge in [-0.05, 0) is 78.8 Å². The molecular formula is C30H26F3N3O3. The maximum atomic E-state index is 13.8. The molecule has 2 aromatic heterocycles. The van der Waals surface area contributed by atoms with Crippen molar-refractivity contribution in [3.8, 4) is 0 Å². The zero-order valence-electron chi connectivity index (χ0n) is 20.9. The van der Waals surface area contributed by atoms with Crippen LogP contribution in [0.3, 0.4) is 0 Å². The number of halogens is 3. The van der Waals surface area contributed by atoms with E-state index in [0.29, 0.717) is 30.4 Å². The molecule has 1 aliphatic carbocycles. The standard InChI is InChI=1S/C30H26F3N3O3/c31-23-6-1-4-19(12-23)8-10-35-29(37)28(20-5-2-9-34-18-20)36(30(38)27-7-3-11-39-27)26-15-22(16-26)21-13-24(32)17-25(33)14-21/h1-7,9,11-14,17-18,22,26,28H,8,10,15-16H2,(H,35,37). The van der Waals surface area contributed by atoms with Crippen LogP contribution in [0.2, 0.25) is 0 Å². The van der Waals surface area contributed by atoms with Gasteiger partial charge in [-0.2, -0.15) is 0 Å². The van der Waals surface area contributed by atoms with Crippen LogP contribution >= 0.6 is 0 Å². The van der Waals surface area contributed by atoms with Crippen LogP contribution in [0.4, 0.5) is 13.2 Å². The Bertz CT molecular complexity index is 1420. The predicted octanol–water partition coefficient (Wildman–Crippen LogP) is 5.58. The Kier molecular flexibility index (Phi) is 7.76. The lowest BCUT2D eigenvalue weighted by atomic mass is 9.74. The first kappa shape index (κ1) is 26.2. The summed E-state index contributed by atoms with van der Waals surface area (Å²) in [5.41, 5.74) is 1.73. The number of pyridine rings is 1. The summed E-state index contributed by atoms with van der Waals surface area (Å²) in [6.45, 7) is 0.220. The first-order chi connectivity index (χ1) is 18.9. The van der Waals surface area contributed by atoms with E-state index >= 15 is 0 Å². The highest BCUT2D eigenvalue weighted by Crippen LogP contribution is 2.43. The number of hydrogen-bond acceptors (Lipinski definition) is 4. The number of benzene rings is 2. The van der Waals surface area contributed by atoms with Gasteiger partial charge in [0, 0.05) is 36.6 Å². The van der Waals surface area contributed by atoms with E-state index in [0.717, 1.165) is 11.6 Å². The zero-order valence-corrected chi connectivity index (χ0v) is 20.9. The van der Waals surface area contributed by atoms with E-state index in [-0.39, 0.29) is 24.0 Å². The van der Waals surface area contributed by atoms with Gasteiger partial charge in [-0.3, -0.25) is 14.6 Å². The third-order valence-corrected chi connectivity index (χ3v) is 6.96. The molecule has 0 spiro atoms. The number of aromatic nitrogens is 1. The number of rotatable bonds is 9. The maximum Gasteiger partial charge on any atom is 0.290 e. The normalized spacial score (nSPS) is 17.2. The average Bonchev–Trinajstić information content (AvgIpc) is 3.42. The van der Waals surface area contributed by atoms with E-state index < -0.39 is 35.5 Å². The second kappa shape index (κ2) is 11.6. The molecule has 0 radical (unpaired) electrons. The Morgan fingerprint density at radius 2 is 1.77 bits per heavy atom. The summed E-state index contributed by atoms with van der Waals surface area (Å²) in [4.78, 5) is 33.0. The molecule has 2 amide bonds. The van der Waals surface area contributed by atoms with Crippen LogP contribution in [0, 0.1) is 17.5 Å². The summed E-state index contributed by atoms with van der Waals surface area (Å²) in [5.74, 6) is -2.72. The van der Waals surface area contributed by atoms with Gasteiger partial charge >= 0.3 is 0 Å². The van der Waals surface area contributed by atoms with Crippen molar-refractivity contribution in [1.82, 2.24) is 15.2 Å². The number of nitrogens with one attached hydrogen (secondary N) is 1. The third-order valence-electron chi connectivity index (χ3n) is 6.96. The molecule has 1 unspecified atom stereocenters. The molecule has 1 aliphatic rings. The van der Waals surface area contributed by atoms with Crippen molar-refractivity contribution in [2.24, 2.45) is 0 Å². The Labute approximate surface area is 223 Å². The molecule has 1 fully saturated rings. The molecule has 0 bridgehead atoms. The first-order valence-corrected chi connectivity index (χ1v) is 12.6. The fourth-order valence-corrected chi connectivity index (χ4v) is 5.01. The van der Waals surface area contributed by atoms with Crippen LogP contribution in [0.5, 0.6) is 0 Å². The van der Waals surface area contributed by atoms with Crippen LogP contribution in [0.1, 0.15) is 52.0 Å². The highest BCUT2D eigenvalue weighted by molar-refractivity contribution is 5.96. The largest absolute Gasteiger partial charge is 0.459 e. The summed E-state index contributed by atoms with van der Waals surface area (Å²) < 4.78 is 46.6. The molecule has 200 valence electrons. The van der Waals surface area contributed by atoms with Crippen molar-refractivity contribution >= 4 is 11.8 Å². The predicted molar refractivity (Wildman–Crippen MR) is 137 cm³/mol. The average molecular weight is 534 g/mol. The van der Waals surface area contributed by atoms with Gasteiger partial charge in [0.2, 0.25) is 5.91 Å². The molecule has 0 aliphatic heterocycles. The Hall–Kier alpha value is -4.40. The van der Waals surface area contributed by atoms with Gasteiger partial charge in [0.15, 0.2) is 5.76 Å². The fourth-order valence-electron chi connectivity index (χ4n) is 5.01. The molecule has 2 heterocycles. The molecule has 6 nitrogen and oxygen atoms in total. The summed E-state index contributed by atoms with van der Waals surface area (Å²) in [7, 11) is 0. The molecule has 39 heavy (non-hydrogen) atoms. The molecular weight excluding hydrogens is 507 g/mol. The fraction of sp³-hybridized carbons (Fsp3) is 0.233. The second-order valence-electron chi connectivity index (χ2n) is 9.57. The van der Waals surface area contributed by atoms with Crippen molar-refractivity contribution in [2.45, 2.75) is 37.3 Å². The van der Waals surface area contributed by atoms with Crippen molar-refractivity contribution in [2.75, 3.05) is 6.54 Å². The Morgan fingerprint density at radius 1 is 0.974 bits per heavy atom. The number of carbonyl (C=O) groups is 2. The zero-order chi connectivity index (χ0) is 27.4. The number of hydrogen-bond donors (Lipinski definition) is 1. The molecule has 4 aromatic rings. The molecule has 5 rings (SSSR count). The van der Waals surface area contributed by atoms with Crippen molar-refractivity contribution < 1.29 is 27.2 Å². The summed E-state index contributed by atoms with van der Waals surface area (Å²) >= 11 is 0. The molecule has 2 aromatic carbocycles. The van der Waals surface area contributed by atoms with Gasteiger partial charge in [-0.1, -0.05) is 18.2 Å². The van der Waals surface area contributed by atoms with Gasteiger partial charge in [0.25, 0.3) is 5.91 Å².